The Balaban J connectivity index is 1.84. The second kappa shape index (κ2) is 9.02. The van der Waals surface area contributed by atoms with E-state index in [1.54, 1.807) is 12.1 Å². The number of Topliss-reactive ketones (excluding diaryl/α,β-unsaturated/α-hetero) is 1. The zero-order valence-corrected chi connectivity index (χ0v) is 16.6. The van der Waals surface area contributed by atoms with Crippen LogP contribution in [0.2, 0.25) is 0 Å². The number of nitrogens with zero attached hydrogens (tertiary/aromatic N) is 2. The number of carbonyl (C=O) groups is 2. The molecule has 0 atom stereocenters. The van der Waals surface area contributed by atoms with Crippen LogP contribution in [0.15, 0.2) is 48.5 Å². The summed E-state index contributed by atoms with van der Waals surface area (Å²) in [6, 6.07) is 15.1. The summed E-state index contributed by atoms with van der Waals surface area (Å²) in [4.78, 5) is 28.7. The molecule has 3 rings (SSSR count). The van der Waals surface area contributed by atoms with E-state index in [2.05, 4.69) is 6.92 Å². The highest BCUT2D eigenvalue weighted by atomic mass is 16.3. The fourth-order valence-corrected chi connectivity index (χ4v) is 3.51. The van der Waals surface area contributed by atoms with Gasteiger partial charge in [-0.25, -0.2) is 4.79 Å². The van der Waals surface area contributed by atoms with Gasteiger partial charge in [-0.2, -0.15) is 0 Å². The highest BCUT2D eigenvalue weighted by Gasteiger charge is 2.26. The first-order valence-corrected chi connectivity index (χ1v) is 9.84. The standard InChI is InChI=1S/C23H28N2O3/c1-17-10-12-24(13-11-17)23(28)25(21-5-3-4-18(2)14-21)15-19-6-8-20(9-7-19)22(27)16-26/h3-9,14,17,26H,10-13,15-16H2,1-2H3. The minimum absolute atomic E-state index is 0.0213. The van der Waals surface area contributed by atoms with Crippen molar-refractivity contribution in [1.82, 2.24) is 4.90 Å². The van der Waals surface area contributed by atoms with E-state index in [1.165, 1.54) is 0 Å². The van der Waals surface area contributed by atoms with Gasteiger partial charge in [0.25, 0.3) is 0 Å². The minimum Gasteiger partial charge on any atom is -0.388 e. The van der Waals surface area contributed by atoms with Crippen molar-refractivity contribution in [3.63, 3.8) is 0 Å². The molecule has 1 aliphatic heterocycles. The van der Waals surface area contributed by atoms with Crippen molar-refractivity contribution in [2.45, 2.75) is 33.2 Å². The second-order valence-electron chi connectivity index (χ2n) is 7.66. The Labute approximate surface area is 166 Å². The molecule has 0 saturated carbocycles. The molecule has 1 aliphatic rings. The summed E-state index contributed by atoms with van der Waals surface area (Å²) in [5.41, 5.74) is 3.39. The van der Waals surface area contributed by atoms with Gasteiger partial charge in [0.2, 0.25) is 0 Å². The number of rotatable bonds is 5. The Morgan fingerprint density at radius 2 is 1.79 bits per heavy atom. The summed E-state index contributed by atoms with van der Waals surface area (Å²) in [7, 11) is 0. The average molecular weight is 380 g/mol. The average Bonchev–Trinajstić information content (AvgIpc) is 2.72. The molecular weight excluding hydrogens is 352 g/mol. The Kier molecular flexibility index (Phi) is 6.47. The van der Waals surface area contributed by atoms with Gasteiger partial charge in [0.05, 0.1) is 6.54 Å². The van der Waals surface area contributed by atoms with Gasteiger partial charge in [0.15, 0.2) is 5.78 Å². The largest absolute Gasteiger partial charge is 0.388 e. The Bertz CT molecular complexity index is 824. The lowest BCUT2D eigenvalue weighted by Crippen LogP contribution is -2.46. The van der Waals surface area contributed by atoms with Crippen molar-refractivity contribution in [3.8, 4) is 0 Å². The van der Waals surface area contributed by atoms with Gasteiger partial charge in [-0.3, -0.25) is 9.69 Å². The first kappa shape index (κ1) is 20.1. The summed E-state index contributed by atoms with van der Waals surface area (Å²) < 4.78 is 0. The highest BCUT2D eigenvalue weighted by molar-refractivity contribution is 5.97. The van der Waals surface area contributed by atoms with E-state index in [0.29, 0.717) is 18.0 Å². The molecule has 1 N–H and O–H groups in total. The summed E-state index contributed by atoms with van der Waals surface area (Å²) >= 11 is 0. The molecule has 5 nitrogen and oxygen atoms in total. The number of likely N-dealkylation sites (tertiary alicyclic amines) is 1. The predicted octanol–water partition coefficient (Wildman–Crippen LogP) is 4.03. The van der Waals surface area contributed by atoms with Gasteiger partial charge >= 0.3 is 6.03 Å². The van der Waals surface area contributed by atoms with Crippen LogP contribution in [-0.4, -0.2) is 41.5 Å². The molecule has 148 valence electrons. The molecular formula is C23H28N2O3. The maximum Gasteiger partial charge on any atom is 0.324 e. The molecule has 5 heteroatoms. The quantitative estimate of drug-likeness (QED) is 0.797. The van der Waals surface area contributed by atoms with E-state index in [9.17, 15) is 9.59 Å². The number of piperidine rings is 1. The van der Waals surface area contributed by atoms with Crippen LogP contribution < -0.4 is 4.90 Å². The molecule has 1 fully saturated rings. The summed E-state index contributed by atoms with van der Waals surface area (Å²) in [5.74, 6) is 0.355. The van der Waals surface area contributed by atoms with Crippen LogP contribution in [0.1, 0.15) is 41.3 Å². The van der Waals surface area contributed by atoms with Crippen LogP contribution in [0.3, 0.4) is 0 Å². The lowest BCUT2D eigenvalue weighted by Gasteiger charge is -2.35. The summed E-state index contributed by atoms with van der Waals surface area (Å²) in [6.45, 7) is 5.75. The molecule has 0 aliphatic carbocycles. The van der Waals surface area contributed by atoms with Crippen LogP contribution in [0.25, 0.3) is 0 Å². The number of amides is 2. The third-order valence-electron chi connectivity index (χ3n) is 5.36. The Hall–Kier alpha value is -2.66. The summed E-state index contributed by atoms with van der Waals surface area (Å²) in [5, 5.41) is 9.01. The zero-order chi connectivity index (χ0) is 20.1. The SMILES string of the molecule is Cc1cccc(N(Cc2ccc(C(=O)CO)cc2)C(=O)N2CCC(C)CC2)c1. The van der Waals surface area contributed by atoms with Gasteiger partial charge in [0.1, 0.15) is 6.61 Å². The van der Waals surface area contributed by atoms with Gasteiger partial charge in [0, 0.05) is 24.3 Å². The number of carbonyl (C=O) groups excluding carboxylic acids is 2. The van der Waals surface area contributed by atoms with Crippen molar-refractivity contribution in [1.29, 1.82) is 0 Å². The predicted molar refractivity (Wildman–Crippen MR) is 111 cm³/mol. The van der Waals surface area contributed by atoms with Gasteiger partial charge in [-0.1, -0.05) is 43.3 Å². The van der Waals surface area contributed by atoms with Crippen molar-refractivity contribution in [2.75, 3.05) is 24.6 Å². The van der Waals surface area contributed by atoms with Crippen molar-refractivity contribution < 1.29 is 14.7 Å². The number of hydrogen-bond donors (Lipinski definition) is 1. The van der Waals surface area contributed by atoms with Crippen molar-refractivity contribution in [2.24, 2.45) is 5.92 Å². The smallest absolute Gasteiger partial charge is 0.324 e. The number of benzene rings is 2. The van der Waals surface area contributed by atoms with Gasteiger partial charge < -0.3 is 10.0 Å². The number of anilines is 1. The van der Waals surface area contributed by atoms with E-state index in [-0.39, 0.29) is 11.8 Å². The highest BCUT2D eigenvalue weighted by Crippen LogP contribution is 2.24. The molecule has 0 radical (unpaired) electrons. The number of urea groups is 1. The fourth-order valence-electron chi connectivity index (χ4n) is 3.51. The van der Waals surface area contributed by atoms with Crippen molar-refractivity contribution in [3.05, 3.63) is 65.2 Å². The lowest BCUT2D eigenvalue weighted by molar-refractivity contribution is 0.0903. The lowest BCUT2D eigenvalue weighted by atomic mass is 9.99. The van der Waals surface area contributed by atoms with E-state index in [4.69, 9.17) is 5.11 Å². The van der Waals surface area contributed by atoms with E-state index in [0.717, 1.165) is 42.7 Å². The monoisotopic (exact) mass is 380 g/mol. The van der Waals surface area contributed by atoms with Crippen LogP contribution in [-0.2, 0) is 6.54 Å². The van der Waals surface area contributed by atoms with Gasteiger partial charge in [-0.05, 0) is 48.9 Å². The molecule has 1 heterocycles. The molecule has 2 aromatic carbocycles. The molecule has 0 spiro atoms. The van der Waals surface area contributed by atoms with Crippen LogP contribution in [0, 0.1) is 12.8 Å². The molecule has 0 bridgehead atoms. The summed E-state index contributed by atoms with van der Waals surface area (Å²) in [6.07, 6.45) is 2.07. The number of ketones is 1. The van der Waals surface area contributed by atoms with Crippen molar-refractivity contribution >= 4 is 17.5 Å². The second-order valence-corrected chi connectivity index (χ2v) is 7.66. The number of aryl methyl sites for hydroxylation is 1. The molecule has 2 amide bonds. The zero-order valence-electron chi connectivity index (χ0n) is 16.6. The van der Waals surface area contributed by atoms with Crippen LogP contribution in [0.5, 0.6) is 0 Å². The number of hydrogen-bond acceptors (Lipinski definition) is 3. The van der Waals surface area contributed by atoms with Crippen LogP contribution >= 0.6 is 0 Å². The number of aliphatic hydroxyl groups excluding tert-OH is 1. The third-order valence-corrected chi connectivity index (χ3v) is 5.36. The Morgan fingerprint density at radius 3 is 2.39 bits per heavy atom. The normalized spacial score (nSPS) is 14.8. The molecule has 28 heavy (non-hydrogen) atoms. The van der Waals surface area contributed by atoms with Gasteiger partial charge in [-0.15, -0.1) is 0 Å². The van der Waals surface area contributed by atoms with E-state index >= 15 is 0 Å². The minimum atomic E-state index is -0.499. The van der Waals surface area contributed by atoms with E-state index in [1.807, 2.05) is 53.1 Å². The first-order valence-electron chi connectivity index (χ1n) is 9.84. The molecule has 0 unspecified atom stereocenters. The maximum atomic E-state index is 13.3. The first-order chi connectivity index (χ1) is 13.5. The van der Waals surface area contributed by atoms with E-state index < -0.39 is 6.61 Å². The number of aliphatic hydroxyl groups is 1. The third kappa shape index (κ3) is 4.78. The molecule has 2 aromatic rings. The molecule has 0 aromatic heterocycles. The topological polar surface area (TPSA) is 60.9 Å². The Morgan fingerprint density at radius 1 is 1.11 bits per heavy atom. The maximum absolute atomic E-state index is 13.3. The molecule has 1 saturated heterocycles. The fraction of sp³-hybridized carbons (Fsp3) is 0.391. The van der Waals surface area contributed by atoms with Crippen LogP contribution in [0.4, 0.5) is 10.5 Å².